The lowest BCUT2D eigenvalue weighted by Crippen LogP contribution is -2.55. The quantitative estimate of drug-likeness (QED) is 0.523. The Balaban J connectivity index is 1.97. The van der Waals surface area contributed by atoms with E-state index in [4.69, 9.17) is 0 Å². The molecule has 4 heteroatoms. The Labute approximate surface area is 180 Å². The molecule has 0 amide bonds. The number of rotatable bonds is 3. The molecule has 0 N–H and O–H groups in total. The molecule has 3 aromatic carbocycles. The third-order valence-electron chi connectivity index (χ3n) is 6.27. The molecule has 0 aromatic heterocycles. The van der Waals surface area contributed by atoms with Gasteiger partial charge in [-0.1, -0.05) is 72.6 Å². The number of hydrogen-bond donors (Lipinski definition) is 0. The van der Waals surface area contributed by atoms with E-state index in [1.54, 1.807) is 16.4 Å². The van der Waals surface area contributed by atoms with Crippen molar-refractivity contribution in [3.8, 4) is 0 Å². The second-order valence-electron chi connectivity index (χ2n) is 9.29. The van der Waals surface area contributed by atoms with Gasteiger partial charge >= 0.3 is 0 Å². The van der Waals surface area contributed by atoms with Crippen LogP contribution >= 0.6 is 0 Å². The summed E-state index contributed by atoms with van der Waals surface area (Å²) in [4.78, 5) is 0.330. The maximum atomic E-state index is 13.8. The zero-order chi connectivity index (χ0) is 21.7. The van der Waals surface area contributed by atoms with E-state index in [9.17, 15) is 8.42 Å². The van der Waals surface area contributed by atoms with Gasteiger partial charge in [0.25, 0.3) is 10.0 Å². The van der Waals surface area contributed by atoms with Crippen LogP contribution in [0.15, 0.2) is 77.7 Å². The van der Waals surface area contributed by atoms with Crippen molar-refractivity contribution in [1.82, 2.24) is 0 Å². The summed E-state index contributed by atoms with van der Waals surface area (Å²) in [6.07, 6.45) is 0.686. The van der Waals surface area contributed by atoms with Crippen LogP contribution in [0.2, 0.25) is 0 Å². The molecule has 0 saturated carbocycles. The van der Waals surface area contributed by atoms with Crippen LogP contribution in [0, 0.1) is 13.8 Å². The molecule has 1 atom stereocenters. The molecule has 0 bridgehead atoms. The zero-order valence-electron chi connectivity index (χ0n) is 18.3. The van der Waals surface area contributed by atoms with Crippen LogP contribution in [-0.2, 0) is 15.4 Å². The zero-order valence-corrected chi connectivity index (χ0v) is 19.1. The highest BCUT2D eigenvalue weighted by atomic mass is 32.2. The van der Waals surface area contributed by atoms with Gasteiger partial charge in [0.1, 0.15) is 0 Å². The van der Waals surface area contributed by atoms with E-state index in [2.05, 4.69) is 44.2 Å². The maximum Gasteiger partial charge on any atom is 0.264 e. The lowest BCUT2D eigenvalue weighted by atomic mass is 9.66. The molecule has 1 aliphatic heterocycles. The lowest BCUT2D eigenvalue weighted by Gasteiger charge is -2.51. The van der Waals surface area contributed by atoms with Crippen molar-refractivity contribution < 1.29 is 8.42 Å². The summed E-state index contributed by atoms with van der Waals surface area (Å²) in [5, 5.41) is 0. The van der Waals surface area contributed by atoms with E-state index in [-0.39, 0.29) is 5.41 Å². The fraction of sp³-hybridized carbons (Fsp3) is 0.308. The molecule has 0 unspecified atom stereocenters. The van der Waals surface area contributed by atoms with Crippen LogP contribution in [-0.4, -0.2) is 14.0 Å². The number of fused-ring (bicyclic) bond motifs is 1. The monoisotopic (exact) mass is 419 g/mol. The summed E-state index contributed by atoms with van der Waals surface area (Å²) < 4.78 is 29.3. The molecule has 0 spiro atoms. The predicted octanol–water partition coefficient (Wildman–Crippen LogP) is 5.99. The molecule has 0 radical (unpaired) electrons. The fourth-order valence-corrected chi connectivity index (χ4v) is 6.79. The SMILES string of the molecule is Cc1ccc(S(=O)(=O)N2c3ccc(C)cc3[C@](C)(c3ccccc3)CC2(C)C)cc1. The minimum Gasteiger partial charge on any atom is -0.260 e. The van der Waals surface area contributed by atoms with Crippen LogP contribution < -0.4 is 4.31 Å². The lowest BCUT2D eigenvalue weighted by molar-refractivity contribution is 0.351. The number of benzene rings is 3. The van der Waals surface area contributed by atoms with Crippen molar-refractivity contribution in [1.29, 1.82) is 0 Å². The highest BCUT2D eigenvalue weighted by Gasteiger charge is 2.50. The summed E-state index contributed by atoms with van der Waals surface area (Å²) in [6.45, 7) is 10.3. The third kappa shape index (κ3) is 3.24. The Morgan fingerprint density at radius 2 is 1.40 bits per heavy atom. The minimum atomic E-state index is -3.71. The molecule has 0 saturated heterocycles. The number of sulfonamides is 1. The topological polar surface area (TPSA) is 37.4 Å². The Hall–Kier alpha value is -2.59. The number of hydrogen-bond acceptors (Lipinski definition) is 2. The van der Waals surface area contributed by atoms with Crippen LogP contribution in [0.25, 0.3) is 0 Å². The van der Waals surface area contributed by atoms with Crippen molar-refractivity contribution in [2.24, 2.45) is 0 Å². The smallest absolute Gasteiger partial charge is 0.260 e. The number of anilines is 1. The summed E-state index contributed by atoms with van der Waals surface area (Å²) in [5.41, 5.74) is 4.31. The van der Waals surface area contributed by atoms with Gasteiger partial charge in [-0.3, -0.25) is 4.31 Å². The first kappa shape index (κ1) is 20.7. The van der Waals surface area contributed by atoms with E-state index in [1.807, 2.05) is 51.1 Å². The summed E-state index contributed by atoms with van der Waals surface area (Å²) in [6, 6.07) is 23.7. The number of aryl methyl sites for hydroxylation is 2. The minimum absolute atomic E-state index is 0.286. The van der Waals surface area contributed by atoms with Crippen molar-refractivity contribution >= 4 is 15.7 Å². The average Bonchev–Trinajstić information content (AvgIpc) is 2.69. The molecule has 1 heterocycles. The van der Waals surface area contributed by atoms with E-state index < -0.39 is 15.6 Å². The first-order valence-corrected chi connectivity index (χ1v) is 11.8. The molecule has 156 valence electrons. The van der Waals surface area contributed by atoms with Gasteiger partial charge in [-0.2, -0.15) is 0 Å². The van der Waals surface area contributed by atoms with Gasteiger partial charge < -0.3 is 0 Å². The first-order chi connectivity index (χ1) is 14.1. The summed E-state index contributed by atoms with van der Waals surface area (Å²) >= 11 is 0. The molecule has 1 aliphatic rings. The largest absolute Gasteiger partial charge is 0.264 e. The van der Waals surface area contributed by atoms with Crippen LogP contribution in [0.3, 0.4) is 0 Å². The highest BCUT2D eigenvalue weighted by Crippen LogP contribution is 2.52. The molecular weight excluding hydrogens is 390 g/mol. The molecule has 3 aromatic rings. The number of nitrogens with zero attached hydrogens (tertiary/aromatic N) is 1. The molecular formula is C26H29NO2S. The Bertz CT molecular complexity index is 1180. The Morgan fingerprint density at radius 3 is 2.03 bits per heavy atom. The maximum absolute atomic E-state index is 13.8. The van der Waals surface area contributed by atoms with Crippen molar-refractivity contribution in [3.05, 3.63) is 95.1 Å². The molecule has 30 heavy (non-hydrogen) atoms. The fourth-order valence-electron chi connectivity index (χ4n) is 4.96. The average molecular weight is 420 g/mol. The second-order valence-corrected chi connectivity index (χ2v) is 11.1. The van der Waals surface area contributed by atoms with Crippen LogP contribution in [0.5, 0.6) is 0 Å². The third-order valence-corrected chi connectivity index (χ3v) is 8.31. The van der Waals surface area contributed by atoms with Crippen molar-refractivity contribution in [2.45, 2.75) is 56.9 Å². The predicted molar refractivity (Wildman–Crippen MR) is 124 cm³/mol. The standard InChI is InChI=1S/C26H29NO2S/c1-19-11-14-22(15-12-19)30(28,29)27-24-16-13-20(2)17-23(24)26(5,18-25(27,3)4)21-9-7-6-8-10-21/h6-17H,18H2,1-5H3/t26-/m0/s1. The van der Waals surface area contributed by atoms with Gasteiger partial charge in [0, 0.05) is 5.41 Å². The van der Waals surface area contributed by atoms with Crippen LogP contribution in [0.4, 0.5) is 5.69 Å². The van der Waals surface area contributed by atoms with Crippen molar-refractivity contribution in [2.75, 3.05) is 4.31 Å². The van der Waals surface area contributed by atoms with Gasteiger partial charge in [0.05, 0.1) is 16.1 Å². The Morgan fingerprint density at radius 1 is 0.800 bits per heavy atom. The van der Waals surface area contributed by atoms with Crippen LogP contribution in [0.1, 0.15) is 49.4 Å². The molecule has 4 rings (SSSR count). The first-order valence-electron chi connectivity index (χ1n) is 10.3. The molecule has 0 fully saturated rings. The Kier molecular flexibility index (Phi) is 4.81. The highest BCUT2D eigenvalue weighted by molar-refractivity contribution is 7.93. The van der Waals surface area contributed by atoms with Gasteiger partial charge in [0.2, 0.25) is 0 Å². The van der Waals surface area contributed by atoms with E-state index in [0.717, 1.165) is 22.4 Å². The van der Waals surface area contributed by atoms with E-state index in [1.165, 1.54) is 5.56 Å². The van der Waals surface area contributed by atoms with E-state index in [0.29, 0.717) is 11.3 Å². The van der Waals surface area contributed by atoms with Crippen molar-refractivity contribution in [3.63, 3.8) is 0 Å². The van der Waals surface area contributed by atoms with Gasteiger partial charge in [-0.25, -0.2) is 8.42 Å². The van der Waals surface area contributed by atoms with E-state index >= 15 is 0 Å². The van der Waals surface area contributed by atoms with Gasteiger partial charge in [-0.15, -0.1) is 0 Å². The molecule has 0 aliphatic carbocycles. The van der Waals surface area contributed by atoms with Gasteiger partial charge in [-0.05, 0) is 63.4 Å². The second kappa shape index (κ2) is 6.98. The summed E-state index contributed by atoms with van der Waals surface area (Å²) in [7, 11) is -3.71. The van der Waals surface area contributed by atoms with Gasteiger partial charge in [0.15, 0.2) is 0 Å². The normalized spacial score (nSPS) is 20.6. The molecule has 3 nitrogen and oxygen atoms in total. The summed E-state index contributed by atoms with van der Waals surface area (Å²) in [5.74, 6) is 0.